The fourth-order valence-electron chi connectivity index (χ4n) is 2.13. The molecule has 0 radical (unpaired) electrons. The maximum atomic E-state index is 11.7. The highest BCUT2D eigenvalue weighted by Crippen LogP contribution is 2.36. The second-order valence-electron chi connectivity index (χ2n) is 6.53. The lowest BCUT2D eigenvalue weighted by Gasteiger charge is -2.19. The van der Waals surface area contributed by atoms with Crippen molar-refractivity contribution in [3.8, 4) is 5.75 Å². The molecule has 150 valence electrons. The summed E-state index contributed by atoms with van der Waals surface area (Å²) in [5.41, 5.74) is -0.738. The minimum Gasteiger partial charge on any atom is -0.494 e. The number of nitro benzene ring substituents is 1. The molecule has 0 heterocycles. The third-order valence-electron chi connectivity index (χ3n) is 3.24. The monoisotopic (exact) mass is 383 g/mol. The molecule has 0 bridgehead atoms. The van der Waals surface area contributed by atoms with Crippen LogP contribution < -0.4 is 15.4 Å². The second kappa shape index (κ2) is 9.60. The first kappa shape index (κ1) is 22.0. The van der Waals surface area contributed by atoms with E-state index in [4.69, 9.17) is 9.47 Å². The number of esters is 1. The minimum atomic E-state index is -0.704. The summed E-state index contributed by atoms with van der Waals surface area (Å²) in [6.45, 7) is 5.93. The molecule has 0 aliphatic carbocycles. The zero-order valence-electron chi connectivity index (χ0n) is 16.1. The Labute approximate surface area is 157 Å². The Morgan fingerprint density at radius 3 is 2.37 bits per heavy atom. The van der Waals surface area contributed by atoms with E-state index in [0.717, 1.165) is 6.07 Å². The van der Waals surface area contributed by atoms with E-state index in [1.165, 1.54) is 20.3 Å². The predicted octanol–water partition coefficient (Wildman–Crippen LogP) is 2.72. The Balaban J connectivity index is 2.75. The van der Waals surface area contributed by atoms with Crippen LogP contribution in [0.5, 0.6) is 5.75 Å². The Kier molecular flexibility index (Phi) is 7.82. The molecule has 1 aromatic carbocycles. The van der Waals surface area contributed by atoms with Crippen LogP contribution in [-0.2, 0) is 9.47 Å². The fourth-order valence-corrected chi connectivity index (χ4v) is 2.13. The zero-order chi connectivity index (χ0) is 20.6. The number of methoxy groups -OCH3 is 2. The lowest BCUT2D eigenvalue weighted by Crippen LogP contribution is -2.33. The number of alkyl carbamates (subject to hydrolysis) is 1. The highest BCUT2D eigenvalue weighted by Gasteiger charge is 2.23. The molecule has 2 N–H and O–H groups in total. The topological polar surface area (TPSA) is 129 Å². The summed E-state index contributed by atoms with van der Waals surface area (Å²) in [5, 5.41) is 16.9. The van der Waals surface area contributed by atoms with Gasteiger partial charge in [0, 0.05) is 19.2 Å². The van der Waals surface area contributed by atoms with Crippen LogP contribution in [0, 0.1) is 10.1 Å². The number of carbonyl (C=O) groups excluding carboxylic acids is 2. The predicted molar refractivity (Wildman–Crippen MR) is 98.3 cm³/mol. The van der Waals surface area contributed by atoms with Gasteiger partial charge in [-0.2, -0.15) is 0 Å². The van der Waals surface area contributed by atoms with Crippen LogP contribution in [-0.4, -0.2) is 49.9 Å². The quantitative estimate of drug-likeness (QED) is 0.303. The number of carbonyl (C=O) groups is 2. The van der Waals surface area contributed by atoms with E-state index in [9.17, 15) is 19.7 Å². The molecule has 0 unspecified atom stereocenters. The molecule has 0 aliphatic heterocycles. The lowest BCUT2D eigenvalue weighted by molar-refractivity contribution is -0.384. The SMILES string of the molecule is COC(=O)c1cc(OC)c(NCCCNC(=O)OC(C)(C)C)c([N+](=O)[O-])c1. The van der Waals surface area contributed by atoms with Gasteiger partial charge in [0.1, 0.15) is 11.4 Å². The molecule has 0 fully saturated rings. The number of ether oxygens (including phenoxy) is 3. The van der Waals surface area contributed by atoms with Crippen molar-refractivity contribution in [3.63, 3.8) is 0 Å². The summed E-state index contributed by atoms with van der Waals surface area (Å²) < 4.78 is 14.9. The molecule has 0 atom stereocenters. The number of hydrogen-bond donors (Lipinski definition) is 2. The first-order chi connectivity index (χ1) is 12.6. The Hall–Kier alpha value is -3.04. The molecule has 0 aromatic heterocycles. The average Bonchev–Trinajstić information content (AvgIpc) is 2.58. The summed E-state index contributed by atoms with van der Waals surface area (Å²) in [6, 6.07) is 2.48. The summed E-state index contributed by atoms with van der Waals surface area (Å²) in [5.74, 6) is -0.561. The number of rotatable bonds is 8. The molecule has 10 heteroatoms. The standard InChI is InChI=1S/C17H25N3O7/c1-17(2,3)27-16(22)19-8-6-7-18-14-12(20(23)24)9-11(15(21)26-5)10-13(14)25-4/h9-10,18H,6-8H2,1-5H3,(H,19,22). The van der Waals surface area contributed by atoms with Gasteiger partial charge >= 0.3 is 12.1 Å². The Morgan fingerprint density at radius 1 is 1.19 bits per heavy atom. The molecular weight excluding hydrogens is 358 g/mol. The van der Waals surface area contributed by atoms with Crippen molar-refractivity contribution >= 4 is 23.4 Å². The van der Waals surface area contributed by atoms with E-state index in [1.54, 1.807) is 20.8 Å². The lowest BCUT2D eigenvalue weighted by atomic mass is 10.1. The van der Waals surface area contributed by atoms with E-state index in [2.05, 4.69) is 15.4 Å². The van der Waals surface area contributed by atoms with Crippen molar-refractivity contribution in [3.05, 3.63) is 27.8 Å². The largest absolute Gasteiger partial charge is 0.494 e. The van der Waals surface area contributed by atoms with Crippen molar-refractivity contribution in [2.75, 3.05) is 32.6 Å². The minimum absolute atomic E-state index is 0.0122. The number of amides is 1. The summed E-state index contributed by atoms with van der Waals surface area (Å²) in [6.07, 6.45) is -0.0494. The molecule has 1 amide bonds. The zero-order valence-corrected chi connectivity index (χ0v) is 16.1. The fraction of sp³-hybridized carbons (Fsp3) is 0.529. The van der Waals surface area contributed by atoms with E-state index in [0.29, 0.717) is 19.5 Å². The van der Waals surface area contributed by atoms with Gasteiger partial charge in [-0.3, -0.25) is 10.1 Å². The number of nitro groups is 1. The van der Waals surface area contributed by atoms with Crippen LogP contribution in [0.4, 0.5) is 16.2 Å². The number of hydrogen-bond acceptors (Lipinski definition) is 8. The van der Waals surface area contributed by atoms with E-state index in [-0.39, 0.29) is 22.7 Å². The van der Waals surface area contributed by atoms with E-state index >= 15 is 0 Å². The van der Waals surface area contributed by atoms with Gasteiger partial charge in [0.15, 0.2) is 5.69 Å². The van der Waals surface area contributed by atoms with Gasteiger partial charge in [-0.05, 0) is 33.3 Å². The number of benzene rings is 1. The van der Waals surface area contributed by atoms with Crippen LogP contribution in [0.1, 0.15) is 37.6 Å². The molecular formula is C17H25N3O7. The molecule has 10 nitrogen and oxygen atoms in total. The van der Waals surface area contributed by atoms with Crippen LogP contribution >= 0.6 is 0 Å². The van der Waals surface area contributed by atoms with Gasteiger partial charge in [-0.1, -0.05) is 0 Å². The summed E-state index contributed by atoms with van der Waals surface area (Å²) in [7, 11) is 2.53. The van der Waals surface area contributed by atoms with E-state index in [1.807, 2.05) is 0 Å². The molecule has 1 aromatic rings. The van der Waals surface area contributed by atoms with Crippen LogP contribution in [0.25, 0.3) is 0 Å². The summed E-state index contributed by atoms with van der Waals surface area (Å²) in [4.78, 5) is 33.9. The highest BCUT2D eigenvalue weighted by molar-refractivity contribution is 5.92. The van der Waals surface area contributed by atoms with Crippen molar-refractivity contribution < 1.29 is 28.7 Å². The smallest absolute Gasteiger partial charge is 0.407 e. The first-order valence-electron chi connectivity index (χ1n) is 8.24. The molecule has 27 heavy (non-hydrogen) atoms. The molecule has 0 aliphatic rings. The average molecular weight is 383 g/mol. The second-order valence-corrected chi connectivity index (χ2v) is 6.53. The number of nitrogens with one attached hydrogen (secondary N) is 2. The van der Waals surface area contributed by atoms with Gasteiger partial charge in [-0.25, -0.2) is 9.59 Å². The van der Waals surface area contributed by atoms with Crippen molar-refractivity contribution in [1.29, 1.82) is 0 Å². The van der Waals surface area contributed by atoms with Crippen molar-refractivity contribution in [2.24, 2.45) is 0 Å². The molecule has 1 rings (SSSR count). The normalized spacial score (nSPS) is 10.7. The van der Waals surface area contributed by atoms with Gasteiger partial charge in [0.05, 0.1) is 24.7 Å². The molecule has 0 saturated heterocycles. The highest BCUT2D eigenvalue weighted by atomic mass is 16.6. The van der Waals surface area contributed by atoms with Gasteiger partial charge < -0.3 is 24.8 Å². The van der Waals surface area contributed by atoms with Gasteiger partial charge in [0.2, 0.25) is 0 Å². The molecule has 0 saturated carbocycles. The Morgan fingerprint density at radius 2 is 1.85 bits per heavy atom. The maximum absolute atomic E-state index is 11.7. The first-order valence-corrected chi connectivity index (χ1v) is 8.24. The van der Waals surface area contributed by atoms with Crippen LogP contribution in [0.2, 0.25) is 0 Å². The van der Waals surface area contributed by atoms with Crippen LogP contribution in [0.15, 0.2) is 12.1 Å². The third-order valence-corrected chi connectivity index (χ3v) is 3.24. The number of nitrogens with zero attached hydrogens (tertiary/aromatic N) is 1. The van der Waals surface area contributed by atoms with Gasteiger partial charge in [-0.15, -0.1) is 0 Å². The maximum Gasteiger partial charge on any atom is 0.407 e. The molecule has 0 spiro atoms. The van der Waals surface area contributed by atoms with Crippen LogP contribution in [0.3, 0.4) is 0 Å². The summed E-state index contributed by atoms with van der Waals surface area (Å²) >= 11 is 0. The third kappa shape index (κ3) is 7.00. The Bertz CT molecular complexity index is 699. The van der Waals surface area contributed by atoms with E-state index < -0.39 is 22.6 Å². The number of anilines is 1. The van der Waals surface area contributed by atoms with Crippen molar-refractivity contribution in [2.45, 2.75) is 32.8 Å². The van der Waals surface area contributed by atoms with Crippen molar-refractivity contribution in [1.82, 2.24) is 5.32 Å². The van der Waals surface area contributed by atoms with Gasteiger partial charge in [0.25, 0.3) is 5.69 Å².